The van der Waals surface area contributed by atoms with Gasteiger partial charge in [0.05, 0.1) is 37.7 Å². The number of nitrogens with zero attached hydrogens (tertiary/aromatic N) is 8. The minimum Gasteiger partial charge on any atom is -0.392 e. The van der Waals surface area contributed by atoms with E-state index in [0.717, 1.165) is 82.0 Å². The molecular formula is C34H37N9O4. The Bertz CT molecular complexity index is 2070. The summed E-state index contributed by atoms with van der Waals surface area (Å²) in [7, 11) is 1.68. The maximum atomic E-state index is 13.7. The second kappa shape index (κ2) is 12.1. The number of aromatic nitrogens is 6. The first-order valence-electron chi connectivity index (χ1n) is 16.2. The van der Waals surface area contributed by atoms with Crippen molar-refractivity contribution in [1.29, 1.82) is 0 Å². The van der Waals surface area contributed by atoms with E-state index < -0.39 is 0 Å². The molecule has 8 rings (SSSR count). The molecule has 2 saturated heterocycles. The fourth-order valence-electron chi connectivity index (χ4n) is 7.02. The highest BCUT2D eigenvalue weighted by atomic mass is 16.5. The number of rotatable bonds is 7. The molecule has 0 atom stereocenters. The number of hydrogen-bond acceptors (Lipinski definition) is 10. The van der Waals surface area contributed by atoms with Gasteiger partial charge in [-0.3, -0.25) is 14.5 Å². The van der Waals surface area contributed by atoms with Crippen LogP contribution < -0.4 is 21.3 Å². The number of aliphatic hydroxyl groups is 1. The Hall–Kier alpha value is -4.85. The largest absolute Gasteiger partial charge is 0.392 e. The molecule has 0 unspecified atom stereocenters. The molecular weight excluding hydrogens is 598 g/mol. The zero-order valence-electron chi connectivity index (χ0n) is 26.3. The van der Waals surface area contributed by atoms with Crippen molar-refractivity contribution >= 4 is 22.7 Å². The van der Waals surface area contributed by atoms with E-state index in [4.69, 9.17) is 4.74 Å². The zero-order chi connectivity index (χ0) is 32.1. The molecule has 47 heavy (non-hydrogen) atoms. The predicted octanol–water partition coefficient (Wildman–Crippen LogP) is 2.28. The van der Waals surface area contributed by atoms with Gasteiger partial charge in [-0.25, -0.2) is 19.1 Å². The van der Waals surface area contributed by atoms with Crippen molar-refractivity contribution in [3.63, 3.8) is 0 Å². The van der Waals surface area contributed by atoms with Gasteiger partial charge in [0, 0.05) is 62.4 Å². The standard InChI is InChI=1S/C34H37N9O4/c1-39-17-23(14-28(33(39)45)38-31-7-6-24(16-36-31)40-10-12-41(13-11-40)25-19-47-20-25)26-8-9-35-32(27(26)18-44)42-21-37-43-29-5-3-2-4-22(29)15-30(43)34(42)46/h6-9,14-17,21,25,44H,2-5,10-13,18-20H2,1H3,(H,36,38). The zero-order valence-corrected chi connectivity index (χ0v) is 26.3. The second-order valence-electron chi connectivity index (χ2n) is 12.5. The minimum absolute atomic E-state index is 0.223. The summed E-state index contributed by atoms with van der Waals surface area (Å²) in [6.07, 6.45) is 10.6. The van der Waals surface area contributed by atoms with Crippen LogP contribution in [0.1, 0.15) is 29.7 Å². The summed E-state index contributed by atoms with van der Waals surface area (Å²) in [6.45, 7) is 5.14. The van der Waals surface area contributed by atoms with E-state index in [1.807, 2.05) is 24.4 Å². The topological polar surface area (TPSA) is 135 Å². The normalized spacial score (nSPS) is 17.1. The number of ether oxygens (including phenoxy) is 1. The fourth-order valence-corrected chi connectivity index (χ4v) is 7.02. The third-order valence-corrected chi connectivity index (χ3v) is 9.74. The smallest absolute Gasteiger partial charge is 0.283 e. The molecule has 2 aliphatic heterocycles. The van der Waals surface area contributed by atoms with Crippen molar-refractivity contribution in [1.82, 2.24) is 33.6 Å². The Labute approximate surface area is 270 Å². The molecule has 0 radical (unpaired) electrons. The van der Waals surface area contributed by atoms with E-state index in [0.29, 0.717) is 45.6 Å². The number of hydrogen-bond donors (Lipinski definition) is 2. The van der Waals surface area contributed by atoms with Gasteiger partial charge in [0.1, 0.15) is 29.2 Å². The fraction of sp³-hybridized carbons (Fsp3) is 0.382. The molecule has 0 aromatic carbocycles. The highest BCUT2D eigenvalue weighted by Gasteiger charge is 2.29. The van der Waals surface area contributed by atoms with Gasteiger partial charge in [-0.05, 0) is 67.1 Å². The molecule has 0 amide bonds. The van der Waals surface area contributed by atoms with Crippen molar-refractivity contribution in [3.8, 4) is 16.9 Å². The Kier molecular flexibility index (Phi) is 7.58. The average molecular weight is 636 g/mol. The second-order valence-corrected chi connectivity index (χ2v) is 12.5. The lowest BCUT2D eigenvalue weighted by molar-refractivity contribution is -0.0660. The summed E-state index contributed by atoms with van der Waals surface area (Å²) in [6, 6.07) is 9.90. The molecule has 7 heterocycles. The van der Waals surface area contributed by atoms with Crippen LogP contribution in [0.5, 0.6) is 0 Å². The summed E-state index contributed by atoms with van der Waals surface area (Å²) < 4.78 is 9.98. The summed E-state index contributed by atoms with van der Waals surface area (Å²) in [5, 5.41) is 18.4. The number of aliphatic hydroxyl groups excluding tert-OH is 1. The number of nitrogens with one attached hydrogen (secondary N) is 1. The van der Waals surface area contributed by atoms with Gasteiger partial charge in [-0.15, -0.1) is 0 Å². The average Bonchev–Trinajstić information content (AvgIpc) is 3.46. The van der Waals surface area contributed by atoms with E-state index >= 15 is 0 Å². The lowest BCUT2D eigenvalue weighted by Gasteiger charge is -2.43. The Balaban J connectivity index is 1.07. The van der Waals surface area contributed by atoms with Crippen LogP contribution in [0, 0.1) is 0 Å². The van der Waals surface area contributed by atoms with E-state index in [1.165, 1.54) is 15.5 Å². The number of anilines is 3. The third-order valence-electron chi connectivity index (χ3n) is 9.74. The first-order valence-corrected chi connectivity index (χ1v) is 16.2. The number of fused-ring (bicyclic) bond motifs is 3. The third kappa shape index (κ3) is 5.29. The first-order chi connectivity index (χ1) is 23.0. The Morgan fingerprint density at radius 2 is 1.83 bits per heavy atom. The summed E-state index contributed by atoms with van der Waals surface area (Å²) in [4.78, 5) is 40.9. The summed E-state index contributed by atoms with van der Waals surface area (Å²) >= 11 is 0. The quantitative estimate of drug-likeness (QED) is 0.274. The SMILES string of the molecule is Cn1cc(-c2ccnc(-n3cnn4c5c(cc4c3=O)CCCC5)c2CO)cc(Nc2ccc(N3CCN(C4COC4)CC3)cn2)c1=O. The lowest BCUT2D eigenvalue weighted by atomic mass is 9.98. The summed E-state index contributed by atoms with van der Waals surface area (Å²) in [5.74, 6) is 0.846. The molecule has 242 valence electrons. The molecule has 3 aliphatic rings. The van der Waals surface area contributed by atoms with Gasteiger partial charge < -0.3 is 24.6 Å². The molecule has 5 aromatic rings. The van der Waals surface area contributed by atoms with Crippen LogP contribution in [0.4, 0.5) is 17.2 Å². The summed E-state index contributed by atoms with van der Waals surface area (Å²) in [5.41, 5.74) is 5.43. The number of piperazine rings is 1. The van der Waals surface area contributed by atoms with E-state index in [-0.39, 0.29) is 17.7 Å². The molecule has 2 fully saturated rings. The van der Waals surface area contributed by atoms with Crippen LogP contribution >= 0.6 is 0 Å². The van der Waals surface area contributed by atoms with E-state index in [2.05, 4.69) is 30.2 Å². The Morgan fingerprint density at radius 3 is 2.57 bits per heavy atom. The first kappa shape index (κ1) is 29.5. The van der Waals surface area contributed by atoms with E-state index in [9.17, 15) is 14.7 Å². The van der Waals surface area contributed by atoms with Crippen LogP contribution in [-0.4, -0.2) is 84.2 Å². The maximum absolute atomic E-state index is 13.7. The van der Waals surface area contributed by atoms with Crippen LogP contribution in [-0.2, 0) is 31.2 Å². The molecule has 0 saturated carbocycles. The molecule has 2 N–H and O–H groups in total. The van der Waals surface area contributed by atoms with Gasteiger partial charge in [0.15, 0.2) is 0 Å². The number of aryl methyl sites for hydroxylation is 3. The Morgan fingerprint density at radius 1 is 1.00 bits per heavy atom. The molecule has 5 aromatic heterocycles. The van der Waals surface area contributed by atoms with Crippen molar-refractivity contribution in [2.24, 2.45) is 7.05 Å². The van der Waals surface area contributed by atoms with Crippen LogP contribution in [0.2, 0.25) is 0 Å². The highest BCUT2D eigenvalue weighted by Crippen LogP contribution is 2.29. The highest BCUT2D eigenvalue weighted by molar-refractivity contribution is 5.73. The maximum Gasteiger partial charge on any atom is 0.283 e. The minimum atomic E-state index is -0.370. The van der Waals surface area contributed by atoms with Gasteiger partial charge in [0.2, 0.25) is 0 Å². The molecule has 1 aliphatic carbocycles. The van der Waals surface area contributed by atoms with Crippen molar-refractivity contribution in [2.75, 3.05) is 49.6 Å². The van der Waals surface area contributed by atoms with Crippen LogP contribution in [0.15, 0.2) is 64.8 Å². The monoisotopic (exact) mass is 635 g/mol. The van der Waals surface area contributed by atoms with Gasteiger partial charge in [0.25, 0.3) is 11.1 Å². The van der Waals surface area contributed by atoms with Gasteiger partial charge >= 0.3 is 0 Å². The van der Waals surface area contributed by atoms with Gasteiger partial charge in [-0.2, -0.15) is 5.10 Å². The van der Waals surface area contributed by atoms with Crippen molar-refractivity contribution in [2.45, 2.75) is 38.3 Å². The van der Waals surface area contributed by atoms with Crippen LogP contribution in [0.3, 0.4) is 0 Å². The van der Waals surface area contributed by atoms with Crippen LogP contribution in [0.25, 0.3) is 22.5 Å². The molecule has 13 nitrogen and oxygen atoms in total. The van der Waals surface area contributed by atoms with E-state index in [1.54, 1.807) is 36.1 Å². The molecule has 0 bridgehead atoms. The lowest BCUT2D eigenvalue weighted by Crippen LogP contribution is -2.56. The van der Waals surface area contributed by atoms with Gasteiger partial charge in [-0.1, -0.05) is 0 Å². The van der Waals surface area contributed by atoms with Crippen molar-refractivity contribution < 1.29 is 9.84 Å². The molecule has 0 spiro atoms. The molecule has 13 heteroatoms. The number of pyridine rings is 3. The predicted molar refractivity (Wildman–Crippen MR) is 178 cm³/mol. The van der Waals surface area contributed by atoms with Crippen molar-refractivity contribution in [3.05, 3.63) is 92.8 Å².